The van der Waals surface area contributed by atoms with Crippen molar-refractivity contribution in [1.82, 2.24) is 4.57 Å². The number of alkyl halides is 1. The first-order valence-corrected chi connectivity index (χ1v) is 6.03. The van der Waals surface area contributed by atoms with Crippen molar-refractivity contribution in [1.29, 1.82) is 0 Å². The molecule has 14 heavy (non-hydrogen) atoms. The van der Waals surface area contributed by atoms with E-state index in [4.69, 9.17) is 0 Å². The summed E-state index contributed by atoms with van der Waals surface area (Å²) in [4.78, 5) is 0. The van der Waals surface area contributed by atoms with Crippen molar-refractivity contribution in [2.75, 3.05) is 5.33 Å². The summed E-state index contributed by atoms with van der Waals surface area (Å²) < 4.78 is 2.16. The third kappa shape index (κ3) is 1.85. The van der Waals surface area contributed by atoms with Gasteiger partial charge in [-0.2, -0.15) is 0 Å². The first-order chi connectivity index (χ1) is 6.81. The molecule has 2 aromatic rings. The zero-order chi connectivity index (χ0) is 9.97. The first kappa shape index (κ1) is 9.78. The van der Waals surface area contributed by atoms with Crippen molar-refractivity contribution in [3.8, 4) is 0 Å². The van der Waals surface area contributed by atoms with E-state index in [1.807, 2.05) is 0 Å². The lowest BCUT2D eigenvalue weighted by molar-refractivity contribution is 0.939. The van der Waals surface area contributed by atoms with Crippen LogP contribution in [0.1, 0.15) is 12.0 Å². The third-order valence-corrected chi connectivity index (χ3v) is 3.11. The quantitative estimate of drug-likeness (QED) is 0.737. The number of benzene rings is 1. The van der Waals surface area contributed by atoms with Crippen LogP contribution in [0.2, 0.25) is 0 Å². The molecule has 2 heteroatoms. The minimum Gasteiger partial charge on any atom is -0.351 e. The van der Waals surface area contributed by atoms with Crippen molar-refractivity contribution in [3.63, 3.8) is 0 Å². The zero-order valence-electron chi connectivity index (χ0n) is 8.33. The van der Waals surface area contributed by atoms with Crippen LogP contribution in [0.4, 0.5) is 0 Å². The Morgan fingerprint density at radius 1 is 1.29 bits per heavy atom. The molecule has 0 aliphatic rings. The van der Waals surface area contributed by atoms with E-state index < -0.39 is 0 Å². The molecule has 0 unspecified atom stereocenters. The maximum atomic E-state index is 3.46. The molecule has 0 fully saturated rings. The molecule has 0 N–H and O–H groups in total. The van der Waals surface area contributed by atoms with Crippen LogP contribution in [-0.4, -0.2) is 9.90 Å². The number of aromatic nitrogens is 1. The Labute approximate surface area is 92.9 Å². The molecule has 0 bridgehead atoms. The van der Waals surface area contributed by atoms with Gasteiger partial charge in [-0.25, -0.2) is 0 Å². The Morgan fingerprint density at radius 3 is 2.93 bits per heavy atom. The first-order valence-electron chi connectivity index (χ1n) is 4.91. The molecule has 0 saturated carbocycles. The summed E-state index contributed by atoms with van der Waals surface area (Å²) >= 11 is 3.46. The van der Waals surface area contributed by atoms with Crippen molar-refractivity contribution in [2.24, 2.45) is 7.05 Å². The van der Waals surface area contributed by atoms with Crippen LogP contribution in [0.25, 0.3) is 10.9 Å². The lowest BCUT2D eigenvalue weighted by Gasteiger charge is -2.01. The van der Waals surface area contributed by atoms with Crippen LogP contribution >= 0.6 is 15.9 Å². The van der Waals surface area contributed by atoms with E-state index in [1.165, 1.54) is 22.9 Å². The van der Waals surface area contributed by atoms with E-state index in [9.17, 15) is 0 Å². The molecule has 0 spiro atoms. The van der Waals surface area contributed by atoms with Gasteiger partial charge in [0.15, 0.2) is 0 Å². The number of nitrogens with zero attached hydrogens (tertiary/aromatic N) is 1. The molecule has 0 aliphatic heterocycles. The normalized spacial score (nSPS) is 11.0. The zero-order valence-corrected chi connectivity index (χ0v) is 9.92. The summed E-state index contributed by atoms with van der Waals surface area (Å²) in [5.41, 5.74) is 2.75. The summed E-state index contributed by atoms with van der Waals surface area (Å²) in [5, 5.41) is 2.43. The van der Waals surface area contributed by atoms with Crippen molar-refractivity contribution < 1.29 is 0 Å². The van der Waals surface area contributed by atoms with Gasteiger partial charge in [-0.3, -0.25) is 0 Å². The van der Waals surface area contributed by atoms with Gasteiger partial charge in [0.25, 0.3) is 0 Å². The van der Waals surface area contributed by atoms with Gasteiger partial charge in [-0.15, -0.1) is 0 Å². The maximum Gasteiger partial charge on any atom is 0.0477 e. The number of hydrogen-bond acceptors (Lipinski definition) is 0. The predicted molar refractivity (Wildman–Crippen MR) is 65.0 cm³/mol. The Bertz CT molecular complexity index is 431. The molecule has 2 rings (SSSR count). The molecule has 1 aromatic heterocycles. The minimum absolute atomic E-state index is 1.08. The van der Waals surface area contributed by atoms with Gasteiger partial charge >= 0.3 is 0 Å². The highest BCUT2D eigenvalue weighted by Gasteiger charge is 1.99. The fraction of sp³-hybridized carbons (Fsp3) is 0.333. The summed E-state index contributed by atoms with van der Waals surface area (Å²) in [6.45, 7) is 0. The number of fused-ring (bicyclic) bond motifs is 1. The molecule has 1 nitrogen and oxygen atoms in total. The minimum atomic E-state index is 1.08. The van der Waals surface area contributed by atoms with Crippen LogP contribution < -0.4 is 0 Å². The Kier molecular flexibility index (Phi) is 2.92. The fourth-order valence-corrected chi connectivity index (χ4v) is 2.04. The van der Waals surface area contributed by atoms with E-state index in [2.05, 4.69) is 58.0 Å². The molecule has 74 valence electrons. The van der Waals surface area contributed by atoms with E-state index >= 15 is 0 Å². The van der Waals surface area contributed by atoms with Crippen LogP contribution in [0.15, 0.2) is 30.5 Å². The SMILES string of the molecule is Cn1ccc2cc(CCCBr)ccc21. The van der Waals surface area contributed by atoms with E-state index in [0.717, 1.165) is 11.8 Å². The second-order valence-corrected chi connectivity index (χ2v) is 4.41. The Hall–Kier alpha value is -0.760. The lowest BCUT2D eigenvalue weighted by Crippen LogP contribution is -1.87. The van der Waals surface area contributed by atoms with Gasteiger partial charge < -0.3 is 4.57 Å². The van der Waals surface area contributed by atoms with Gasteiger partial charge in [-0.1, -0.05) is 22.0 Å². The highest BCUT2D eigenvalue weighted by atomic mass is 79.9. The van der Waals surface area contributed by atoms with Crippen molar-refractivity contribution >= 4 is 26.8 Å². The average Bonchev–Trinajstić information content (AvgIpc) is 2.57. The van der Waals surface area contributed by atoms with Crippen molar-refractivity contribution in [2.45, 2.75) is 12.8 Å². The standard InChI is InChI=1S/C12H14BrN/c1-14-8-6-11-9-10(3-2-7-13)4-5-12(11)14/h4-6,8-9H,2-3,7H2,1H3. The lowest BCUT2D eigenvalue weighted by atomic mass is 10.1. The predicted octanol–water partition coefficient (Wildman–Crippen LogP) is 3.51. The monoisotopic (exact) mass is 251 g/mol. The Morgan fingerprint density at radius 2 is 2.14 bits per heavy atom. The highest BCUT2D eigenvalue weighted by Crippen LogP contribution is 2.17. The van der Waals surface area contributed by atoms with E-state index in [0.29, 0.717) is 0 Å². The molecule has 0 radical (unpaired) electrons. The molecule has 1 aromatic carbocycles. The van der Waals surface area contributed by atoms with Gasteiger partial charge in [0.05, 0.1) is 0 Å². The number of aryl methyl sites for hydroxylation is 2. The molecular weight excluding hydrogens is 238 g/mol. The number of hydrogen-bond donors (Lipinski definition) is 0. The summed E-state index contributed by atoms with van der Waals surface area (Å²) in [6.07, 6.45) is 4.48. The van der Waals surface area contributed by atoms with Gasteiger partial charge in [0.1, 0.15) is 0 Å². The smallest absolute Gasteiger partial charge is 0.0477 e. The maximum absolute atomic E-state index is 3.46. The molecule has 1 heterocycles. The third-order valence-electron chi connectivity index (χ3n) is 2.55. The number of rotatable bonds is 3. The van der Waals surface area contributed by atoms with Gasteiger partial charge in [-0.05, 0) is 42.0 Å². The van der Waals surface area contributed by atoms with Gasteiger partial charge in [0.2, 0.25) is 0 Å². The summed E-state index contributed by atoms with van der Waals surface area (Å²) in [5.74, 6) is 0. The second kappa shape index (κ2) is 4.18. The topological polar surface area (TPSA) is 4.93 Å². The van der Waals surface area contributed by atoms with E-state index in [1.54, 1.807) is 0 Å². The Balaban J connectivity index is 2.32. The van der Waals surface area contributed by atoms with Crippen LogP contribution in [0, 0.1) is 0 Å². The molecule has 0 atom stereocenters. The average molecular weight is 252 g/mol. The largest absolute Gasteiger partial charge is 0.351 e. The van der Waals surface area contributed by atoms with Crippen LogP contribution in [0.5, 0.6) is 0 Å². The summed E-state index contributed by atoms with van der Waals surface area (Å²) in [6, 6.07) is 8.90. The molecule has 0 saturated heterocycles. The molecule has 0 aliphatic carbocycles. The van der Waals surface area contributed by atoms with Crippen LogP contribution in [0.3, 0.4) is 0 Å². The van der Waals surface area contributed by atoms with Crippen molar-refractivity contribution in [3.05, 3.63) is 36.0 Å². The fourth-order valence-electron chi connectivity index (χ4n) is 1.76. The molecule has 0 amide bonds. The van der Waals surface area contributed by atoms with E-state index in [-0.39, 0.29) is 0 Å². The highest BCUT2D eigenvalue weighted by molar-refractivity contribution is 9.09. The summed E-state index contributed by atoms with van der Waals surface area (Å²) in [7, 11) is 2.08. The second-order valence-electron chi connectivity index (χ2n) is 3.61. The van der Waals surface area contributed by atoms with Gasteiger partial charge in [0, 0.05) is 24.1 Å². The molecular formula is C12H14BrN. The number of halogens is 1. The van der Waals surface area contributed by atoms with Crippen LogP contribution in [-0.2, 0) is 13.5 Å².